The zero-order valence-corrected chi connectivity index (χ0v) is 15.4. The molecule has 3 heterocycles. The van der Waals surface area contributed by atoms with Crippen molar-refractivity contribution >= 4 is 40.1 Å². The van der Waals surface area contributed by atoms with E-state index in [0.29, 0.717) is 28.4 Å². The molecule has 0 unspecified atom stereocenters. The summed E-state index contributed by atoms with van der Waals surface area (Å²) in [6, 6.07) is 17.9. The van der Waals surface area contributed by atoms with Gasteiger partial charge in [-0.05, 0) is 35.7 Å². The average molecular weight is 390 g/mol. The first-order chi connectivity index (χ1) is 13.7. The van der Waals surface area contributed by atoms with Gasteiger partial charge in [-0.15, -0.1) is 11.3 Å². The molecule has 0 radical (unpaired) electrons. The minimum absolute atomic E-state index is 0.168. The van der Waals surface area contributed by atoms with Crippen molar-refractivity contribution in [2.24, 2.45) is 0 Å². The van der Waals surface area contributed by atoms with Crippen LogP contribution in [0.5, 0.6) is 11.5 Å². The number of nitrogens with one attached hydrogen (secondary N) is 1. The number of thiophene rings is 1. The zero-order valence-electron chi connectivity index (χ0n) is 14.5. The normalized spacial score (nSPS) is 15.5. The maximum Gasteiger partial charge on any atom is 0.282 e. The van der Waals surface area contributed by atoms with Crippen molar-refractivity contribution in [1.29, 1.82) is 0 Å². The topological polar surface area (TPSA) is 67.9 Å². The van der Waals surface area contributed by atoms with Crippen LogP contribution < -0.4 is 19.7 Å². The fourth-order valence-corrected chi connectivity index (χ4v) is 3.99. The Balaban J connectivity index is 1.57. The quantitative estimate of drug-likeness (QED) is 0.685. The van der Waals surface area contributed by atoms with E-state index in [0.717, 1.165) is 4.88 Å². The Morgan fingerprint density at radius 3 is 2.50 bits per heavy atom. The fourth-order valence-electron chi connectivity index (χ4n) is 3.23. The zero-order chi connectivity index (χ0) is 19.1. The highest BCUT2D eigenvalue weighted by atomic mass is 32.1. The van der Waals surface area contributed by atoms with Crippen LogP contribution in [0.25, 0.3) is 5.57 Å². The maximum absolute atomic E-state index is 13.2. The molecule has 2 amide bonds. The van der Waals surface area contributed by atoms with Gasteiger partial charge in [0.25, 0.3) is 11.8 Å². The molecule has 5 rings (SSSR count). The second-order valence-corrected chi connectivity index (χ2v) is 7.15. The smallest absolute Gasteiger partial charge is 0.282 e. The predicted octanol–water partition coefficient (Wildman–Crippen LogP) is 3.87. The summed E-state index contributed by atoms with van der Waals surface area (Å²) < 4.78 is 10.7. The number of benzene rings is 2. The van der Waals surface area contributed by atoms with E-state index >= 15 is 0 Å². The van der Waals surface area contributed by atoms with Crippen LogP contribution in [0.1, 0.15) is 4.88 Å². The molecule has 0 aliphatic carbocycles. The Morgan fingerprint density at radius 2 is 1.71 bits per heavy atom. The molecule has 0 spiro atoms. The van der Waals surface area contributed by atoms with Crippen molar-refractivity contribution in [1.82, 2.24) is 0 Å². The minimum Gasteiger partial charge on any atom is -0.454 e. The summed E-state index contributed by atoms with van der Waals surface area (Å²) in [6.07, 6.45) is 0. The van der Waals surface area contributed by atoms with Crippen molar-refractivity contribution < 1.29 is 19.1 Å². The number of carbonyl (C=O) groups is 2. The summed E-state index contributed by atoms with van der Waals surface area (Å²) >= 11 is 1.42. The van der Waals surface area contributed by atoms with Gasteiger partial charge in [0.1, 0.15) is 5.70 Å². The molecule has 6 nitrogen and oxygen atoms in total. The number of carbonyl (C=O) groups excluding carboxylic acids is 2. The van der Waals surface area contributed by atoms with Gasteiger partial charge >= 0.3 is 0 Å². The second-order valence-electron chi connectivity index (χ2n) is 6.20. The number of imide groups is 1. The largest absolute Gasteiger partial charge is 0.454 e. The number of hydrogen-bond acceptors (Lipinski definition) is 6. The van der Waals surface area contributed by atoms with Crippen LogP contribution in [0, 0.1) is 0 Å². The van der Waals surface area contributed by atoms with Gasteiger partial charge in [0.15, 0.2) is 11.5 Å². The number of nitrogens with zero attached hydrogens (tertiary/aromatic N) is 1. The lowest BCUT2D eigenvalue weighted by molar-refractivity contribution is -0.120. The molecule has 28 heavy (non-hydrogen) atoms. The Hall–Kier alpha value is -3.58. The summed E-state index contributed by atoms with van der Waals surface area (Å²) in [5, 5.41) is 5.01. The standard InChI is InChI=1S/C21H14N2O4S/c24-20-18(17-7-4-10-28-17)19(21(25)23(20)14-5-2-1-3-6-14)22-13-8-9-15-16(11-13)27-12-26-15/h1-11,22H,12H2. The molecule has 3 aromatic rings. The molecule has 1 N–H and O–H groups in total. The Bertz CT molecular complexity index is 1110. The molecular formula is C21H14N2O4S. The average Bonchev–Trinajstić information content (AvgIpc) is 3.43. The first-order valence-corrected chi connectivity index (χ1v) is 9.49. The van der Waals surface area contributed by atoms with Crippen LogP contribution in [0.2, 0.25) is 0 Å². The van der Waals surface area contributed by atoms with E-state index in [9.17, 15) is 9.59 Å². The van der Waals surface area contributed by atoms with Crippen molar-refractivity contribution in [3.05, 3.63) is 76.6 Å². The van der Waals surface area contributed by atoms with Gasteiger partial charge in [0.2, 0.25) is 6.79 Å². The van der Waals surface area contributed by atoms with Gasteiger partial charge in [-0.25, -0.2) is 4.90 Å². The maximum atomic E-state index is 13.2. The molecule has 0 bridgehead atoms. The molecular weight excluding hydrogens is 376 g/mol. The van der Waals surface area contributed by atoms with E-state index in [-0.39, 0.29) is 18.4 Å². The Kier molecular flexibility index (Phi) is 3.87. The van der Waals surface area contributed by atoms with Crippen LogP contribution in [0.3, 0.4) is 0 Å². The van der Waals surface area contributed by atoms with Gasteiger partial charge in [-0.3, -0.25) is 9.59 Å². The SMILES string of the molecule is O=C1C(Nc2ccc3c(c2)OCO3)=C(c2cccs2)C(=O)N1c1ccccc1. The third kappa shape index (κ3) is 2.64. The first kappa shape index (κ1) is 16.6. The number of anilines is 2. The van der Waals surface area contributed by atoms with Gasteiger partial charge < -0.3 is 14.8 Å². The number of fused-ring (bicyclic) bond motifs is 1. The molecule has 2 aromatic carbocycles. The molecule has 138 valence electrons. The van der Waals surface area contributed by atoms with Gasteiger partial charge in [-0.2, -0.15) is 0 Å². The van der Waals surface area contributed by atoms with Crippen LogP contribution in [-0.4, -0.2) is 18.6 Å². The number of ether oxygens (including phenoxy) is 2. The summed E-state index contributed by atoms with van der Waals surface area (Å²) in [4.78, 5) is 28.3. The Labute approximate surface area is 164 Å². The number of para-hydroxylation sites is 1. The highest BCUT2D eigenvalue weighted by molar-refractivity contribution is 7.11. The summed E-state index contributed by atoms with van der Waals surface area (Å²) in [7, 11) is 0. The van der Waals surface area contributed by atoms with Crippen molar-refractivity contribution in [2.45, 2.75) is 0 Å². The molecule has 0 atom stereocenters. The molecule has 2 aliphatic heterocycles. The van der Waals surface area contributed by atoms with Gasteiger partial charge in [0, 0.05) is 16.6 Å². The van der Waals surface area contributed by atoms with Crippen LogP contribution in [0.15, 0.2) is 71.7 Å². The number of rotatable bonds is 4. The lowest BCUT2D eigenvalue weighted by Crippen LogP contribution is -2.32. The highest BCUT2D eigenvalue weighted by Crippen LogP contribution is 2.38. The number of amides is 2. The molecule has 0 saturated heterocycles. The lowest BCUT2D eigenvalue weighted by atomic mass is 10.2. The van der Waals surface area contributed by atoms with Gasteiger partial charge in [0.05, 0.1) is 11.3 Å². The Morgan fingerprint density at radius 1 is 0.893 bits per heavy atom. The van der Waals surface area contributed by atoms with E-state index in [4.69, 9.17) is 9.47 Å². The third-order valence-corrected chi connectivity index (χ3v) is 5.40. The summed E-state index contributed by atoms with van der Waals surface area (Å²) in [5.74, 6) is 0.511. The summed E-state index contributed by atoms with van der Waals surface area (Å²) in [5.41, 5.74) is 1.79. The van der Waals surface area contributed by atoms with E-state index in [1.807, 2.05) is 23.6 Å². The predicted molar refractivity (Wildman–Crippen MR) is 106 cm³/mol. The molecule has 2 aliphatic rings. The van der Waals surface area contributed by atoms with E-state index in [2.05, 4.69) is 5.32 Å². The first-order valence-electron chi connectivity index (χ1n) is 8.61. The fraction of sp³-hybridized carbons (Fsp3) is 0.0476. The van der Waals surface area contributed by atoms with E-state index in [1.54, 1.807) is 42.5 Å². The van der Waals surface area contributed by atoms with Crippen molar-refractivity contribution in [2.75, 3.05) is 17.0 Å². The van der Waals surface area contributed by atoms with E-state index in [1.165, 1.54) is 16.2 Å². The minimum atomic E-state index is -0.391. The van der Waals surface area contributed by atoms with Crippen LogP contribution in [-0.2, 0) is 9.59 Å². The number of hydrogen-bond donors (Lipinski definition) is 1. The third-order valence-electron chi connectivity index (χ3n) is 4.51. The molecule has 0 saturated carbocycles. The molecule has 7 heteroatoms. The van der Waals surface area contributed by atoms with Gasteiger partial charge in [-0.1, -0.05) is 24.3 Å². The monoisotopic (exact) mass is 390 g/mol. The van der Waals surface area contributed by atoms with Crippen LogP contribution in [0.4, 0.5) is 11.4 Å². The summed E-state index contributed by atoms with van der Waals surface area (Å²) in [6.45, 7) is 0.168. The lowest BCUT2D eigenvalue weighted by Gasteiger charge is -2.15. The van der Waals surface area contributed by atoms with Crippen LogP contribution >= 0.6 is 11.3 Å². The van der Waals surface area contributed by atoms with E-state index < -0.39 is 5.91 Å². The second kappa shape index (κ2) is 6.54. The highest BCUT2D eigenvalue weighted by Gasteiger charge is 2.40. The molecule has 0 fully saturated rings. The van der Waals surface area contributed by atoms with Crippen molar-refractivity contribution in [3.8, 4) is 11.5 Å². The van der Waals surface area contributed by atoms with Crippen molar-refractivity contribution in [3.63, 3.8) is 0 Å². The molecule has 1 aromatic heterocycles.